The Bertz CT molecular complexity index is 339. The van der Waals surface area contributed by atoms with Gasteiger partial charge in [-0.3, -0.25) is 14.9 Å². The number of para-hydroxylation sites is 2. The second-order valence-electron chi connectivity index (χ2n) is 2.78. The number of anilines is 1. The quantitative estimate of drug-likeness (QED) is 0.444. The summed E-state index contributed by atoms with van der Waals surface area (Å²) in [6.07, 6.45) is 0.250. The summed E-state index contributed by atoms with van der Waals surface area (Å²) < 4.78 is 0. The van der Waals surface area contributed by atoms with Crippen molar-refractivity contribution >= 4 is 17.8 Å². The minimum atomic E-state index is -0.380. The van der Waals surface area contributed by atoms with Crippen LogP contribution in [0, 0.1) is 10.1 Å². The largest absolute Gasteiger partial charge is 0.372 e. The molecule has 6 nitrogen and oxygen atoms in total. The Hall–Kier alpha value is -2.11. The Morgan fingerprint density at radius 2 is 1.87 bits per heavy atom. The molecule has 1 aromatic rings. The monoisotopic (exact) mass is 211 g/mol. The van der Waals surface area contributed by atoms with E-state index in [1.165, 1.54) is 6.07 Å². The summed E-state index contributed by atoms with van der Waals surface area (Å²) in [5, 5.41) is 10.5. The molecule has 1 rings (SSSR count). The zero-order chi connectivity index (χ0) is 11.8. The molecule has 0 aromatic heterocycles. The van der Waals surface area contributed by atoms with Crippen LogP contribution in [0.5, 0.6) is 0 Å². The summed E-state index contributed by atoms with van der Waals surface area (Å²) in [6, 6.07) is 6.65. The van der Waals surface area contributed by atoms with Crippen molar-refractivity contribution < 1.29 is 9.72 Å². The SMILES string of the molecule is CN(C)c1ccccc1[N+](=O)[O-].NC=O. The first kappa shape index (κ1) is 12.9. The number of amides is 1. The maximum Gasteiger partial charge on any atom is 0.292 e. The summed E-state index contributed by atoms with van der Waals surface area (Å²) in [6.45, 7) is 0. The van der Waals surface area contributed by atoms with Gasteiger partial charge in [-0.05, 0) is 6.07 Å². The molecule has 2 N–H and O–H groups in total. The molecule has 1 amide bonds. The normalized spacial score (nSPS) is 8.40. The van der Waals surface area contributed by atoms with Gasteiger partial charge in [-0.2, -0.15) is 0 Å². The molecule has 0 radical (unpaired) electrons. The van der Waals surface area contributed by atoms with Gasteiger partial charge in [0.1, 0.15) is 5.69 Å². The fourth-order valence-electron chi connectivity index (χ4n) is 0.997. The first-order valence-electron chi connectivity index (χ1n) is 4.10. The fourth-order valence-corrected chi connectivity index (χ4v) is 0.997. The lowest BCUT2D eigenvalue weighted by atomic mass is 10.2. The van der Waals surface area contributed by atoms with Crippen LogP contribution in [-0.4, -0.2) is 25.4 Å². The zero-order valence-corrected chi connectivity index (χ0v) is 8.58. The third kappa shape index (κ3) is 4.08. The number of nitro benzene ring substituents is 1. The van der Waals surface area contributed by atoms with E-state index in [2.05, 4.69) is 5.73 Å². The topological polar surface area (TPSA) is 89.5 Å². The van der Waals surface area contributed by atoms with Gasteiger partial charge in [0, 0.05) is 20.2 Å². The molecule has 0 unspecified atom stereocenters. The Morgan fingerprint density at radius 3 is 2.20 bits per heavy atom. The molecule has 82 valence electrons. The molecule has 0 aliphatic heterocycles. The number of primary amides is 1. The zero-order valence-electron chi connectivity index (χ0n) is 8.58. The van der Waals surface area contributed by atoms with Crippen molar-refractivity contribution in [3.05, 3.63) is 34.4 Å². The number of benzene rings is 1. The number of hydrogen-bond acceptors (Lipinski definition) is 4. The highest BCUT2D eigenvalue weighted by Crippen LogP contribution is 2.24. The van der Waals surface area contributed by atoms with Crippen LogP contribution < -0.4 is 10.6 Å². The van der Waals surface area contributed by atoms with Crippen molar-refractivity contribution in [3.8, 4) is 0 Å². The smallest absolute Gasteiger partial charge is 0.292 e. The fraction of sp³-hybridized carbons (Fsp3) is 0.222. The maximum absolute atomic E-state index is 10.5. The van der Waals surface area contributed by atoms with Crippen molar-refractivity contribution in [1.82, 2.24) is 0 Å². The summed E-state index contributed by atoms with van der Waals surface area (Å²) in [4.78, 5) is 20.4. The molecule has 15 heavy (non-hydrogen) atoms. The highest BCUT2D eigenvalue weighted by molar-refractivity contribution is 5.61. The number of hydrogen-bond donors (Lipinski definition) is 1. The predicted molar refractivity (Wildman–Crippen MR) is 57.7 cm³/mol. The van der Waals surface area contributed by atoms with Gasteiger partial charge in [0.2, 0.25) is 6.41 Å². The minimum absolute atomic E-state index is 0.141. The van der Waals surface area contributed by atoms with Gasteiger partial charge in [0.15, 0.2) is 0 Å². The predicted octanol–water partition coefficient (Wildman–Crippen LogP) is 0.762. The van der Waals surface area contributed by atoms with Crippen LogP contribution in [0.4, 0.5) is 11.4 Å². The molecule has 6 heteroatoms. The van der Waals surface area contributed by atoms with Crippen molar-refractivity contribution in [3.63, 3.8) is 0 Å². The van der Waals surface area contributed by atoms with E-state index >= 15 is 0 Å². The minimum Gasteiger partial charge on any atom is -0.372 e. The lowest BCUT2D eigenvalue weighted by Gasteiger charge is -2.11. The first-order chi connectivity index (χ1) is 7.04. The van der Waals surface area contributed by atoms with Gasteiger partial charge < -0.3 is 10.6 Å². The molecule has 0 aliphatic carbocycles. The van der Waals surface area contributed by atoms with E-state index in [9.17, 15) is 10.1 Å². The molecule has 0 saturated carbocycles. The first-order valence-corrected chi connectivity index (χ1v) is 4.10. The second kappa shape index (κ2) is 6.36. The van der Waals surface area contributed by atoms with E-state index in [0.29, 0.717) is 5.69 Å². The van der Waals surface area contributed by atoms with Crippen LogP contribution in [0.3, 0.4) is 0 Å². The van der Waals surface area contributed by atoms with Crippen LogP contribution in [-0.2, 0) is 4.79 Å². The second-order valence-corrected chi connectivity index (χ2v) is 2.78. The number of nitrogens with two attached hydrogens (primary N) is 1. The Morgan fingerprint density at radius 1 is 1.40 bits per heavy atom. The number of nitrogens with zero attached hydrogens (tertiary/aromatic N) is 2. The lowest BCUT2D eigenvalue weighted by molar-refractivity contribution is -0.384. The average Bonchev–Trinajstić information content (AvgIpc) is 2.19. The maximum atomic E-state index is 10.5. The molecular formula is C9H13N3O3. The Labute approximate surface area is 87.4 Å². The highest BCUT2D eigenvalue weighted by Gasteiger charge is 2.12. The average molecular weight is 211 g/mol. The van der Waals surface area contributed by atoms with Gasteiger partial charge in [-0.1, -0.05) is 12.1 Å². The van der Waals surface area contributed by atoms with Crippen molar-refractivity contribution in [2.24, 2.45) is 5.73 Å². The van der Waals surface area contributed by atoms with Gasteiger partial charge >= 0.3 is 0 Å². The summed E-state index contributed by atoms with van der Waals surface area (Å²) in [7, 11) is 3.56. The van der Waals surface area contributed by atoms with E-state index in [-0.39, 0.29) is 17.0 Å². The van der Waals surface area contributed by atoms with Crippen LogP contribution >= 0.6 is 0 Å². The Kier molecular flexibility index (Phi) is 5.47. The summed E-state index contributed by atoms with van der Waals surface area (Å²) >= 11 is 0. The van der Waals surface area contributed by atoms with E-state index in [1.807, 2.05) is 0 Å². The highest BCUT2D eigenvalue weighted by atomic mass is 16.6. The third-order valence-electron chi connectivity index (χ3n) is 1.56. The molecule has 0 fully saturated rings. The molecule has 1 aromatic carbocycles. The molecular weight excluding hydrogens is 198 g/mol. The number of rotatable bonds is 2. The van der Waals surface area contributed by atoms with Gasteiger partial charge in [0.25, 0.3) is 5.69 Å². The van der Waals surface area contributed by atoms with E-state index in [0.717, 1.165) is 0 Å². The molecule has 0 atom stereocenters. The van der Waals surface area contributed by atoms with Crippen molar-refractivity contribution in [1.29, 1.82) is 0 Å². The van der Waals surface area contributed by atoms with Crippen LogP contribution in [0.15, 0.2) is 24.3 Å². The standard InChI is InChI=1S/C8H10N2O2.CH3NO/c1-9(2)7-5-3-4-6-8(7)10(11)12;2-1-3/h3-6H,1-2H3;1H,(H2,2,3). The van der Waals surface area contributed by atoms with Gasteiger partial charge in [-0.25, -0.2) is 0 Å². The summed E-state index contributed by atoms with van der Waals surface area (Å²) in [5.41, 5.74) is 4.94. The number of carbonyl (C=O) groups is 1. The van der Waals surface area contributed by atoms with Crippen molar-refractivity contribution in [2.45, 2.75) is 0 Å². The Balaban J connectivity index is 0.000000583. The van der Waals surface area contributed by atoms with Crippen LogP contribution in [0.2, 0.25) is 0 Å². The molecule has 0 heterocycles. The third-order valence-corrected chi connectivity index (χ3v) is 1.56. The molecule has 0 aliphatic rings. The van der Waals surface area contributed by atoms with Crippen LogP contribution in [0.25, 0.3) is 0 Å². The number of nitro groups is 1. The number of carbonyl (C=O) groups excluding carboxylic acids is 1. The summed E-state index contributed by atoms with van der Waals surface area (Å²) in [5.74, 6) is 0. The van der Waals surface area contributed by atoms with E-state index in [4.69, 9.17) is 4.79 Å². The molecule has 0 spiro atoms. The molecule has 0 bridgehead atoms. The van der Waals surface area contributed by atoms with E-state index in [1.54, 1.807) is 37.2 Å². The van der Waals surface area contributed by atoms with Gasteiger partial charge in [0.05, 0.1) is 4.92 Å². The molecule has 0 saturated heterocycles. The lowest BCUT2D eigenvalue weighted by Crippen LogP contribution is -2.10. The van der Waals surface area contributed by atoms with Crippen LogP contribution in [0.1, 0.15) is 0 Å². The van der Waals surface area contributed by atoms with Crippen molar-refractivity contribution in [2.75, 3.05) is 19.0 Å². The van der Waals surface area contributed by atoms with Gasteiger partial charge in [-0.15, -0.1) is 0 Å². The van der Waals surface area contributed by atoms with E-state index < -0.39 is 0 Å².